The van der Waals surface area contributed by atoms with Crippen molar-refractivity contribution in [1.29, 1.82) is 0 Å². The van der Waals surface area contributed by atoms with E-state index in [1.807, 2.05) is 44.2 Å². The van der Waals surface area contributed by atoms with Gasteiger partial charge in [0.05, 0.1) is 11.1 Å². The number of fused-ring (bicyclic) bond motifs is 3. The van der Waals surface area contributed by atoms with E-state index >= 15 is 0 Å². The predicted molar refractivity (Wildman–Crippen MR) is 149 cm³/mol. The van der Waals surface area contributed by atoms with E-state index in [0.717, 1.165) is 34.1 Å². The number of hydrogen-bond donors (Lipinski definition) is 3. The first kappa shape index (κ1) is 26.2. The Balaban J connectivity index is 1.93. The van der Waals surface area contributed by atoms with Crippen molar-refractivity contribution in [1.82, 2.24) is 15.6 Å². The van der Waals surface area contributed by atoms with E-state index in [1.165, 1.54) is 6.08 Å². The van der Waals surface area contributed by atoms with Crippen molar-refractivity contribution in [3.8, 4) is 23.5 Å². The fraction of sp³-hybridized carbons (Fsp3) is 0.323. The summed E-state index contributed by atoms with van der Waals surface area (Å²) < 4.78 is 20.2. The number of aromatic amines is 1. The topological polar surface area (TPSA) is 70.1 Å². The first-order chi connectivity index (χ1) is 17.4. The van der Waals surface area contributed by atoms with Crippen molar-refractivity contribution in [2.75, 3.05) is 7.05 Å². The van der Waals surface area contributed by atoms with Crippen LogP contribution in [0, 0.1) is 12.3 Å². The summed E-state index contributed by atoms with van der Waals surface area (Å²) in [7, 11) is 1.59. The van der Waals surface area contributed by atoms with Gasteiger partial charge >= 0.3 is 0 Å². The molecule has 0 aliphatic rings. The number of nitrogens with one attached hydrogen (secondary N) is 3. The molecule has 2 aromatic heterocycles. The van der Waals surface area contributed by atoms with Crippen LogP contribution in [0.3, 0.4) is 0 Å². The molecular weight excluding hydrogens is 465 g/mol. The van der Waals surface area contributed by atoms with Gasteiger partial charge in [0.15, 0.2) is 5.83 Å². The van der Waals surface area contributed by atoms with Crippen molar-refractivity contribution in [2.45, 2.75) is 58.5 Å². The first-order valence-electron chi connectivity index (χ1n) is 12.4. The normalized spacial score (nSPS) is 12.8. The van der Waals surface area contributed by atoms with Crippen LogP contribution in [0.4, 0.5) is 4.39 Å². The van der Waals surface area contributed by atoms with Crippen LogP contribution in [0.15, 0.2) is 58.9 Å². The monoisotopic (exact) mass is 499 g/mol. The summed E-state index contributed by atoms with van der Waals surface area (Å²) in [6.07, 6.45) is 8.69. The average Bonchev–Trinajstić information content (AvgIpc) is 3.50. The second-order valence-corrected chi connectivity index (χ2v) is 11.0. The van der Waals surface area contributed by atoms with Crippen LogP contribution >= 0.6 is 0 Å². The lowest BCUT2D eigenvalue weighted by Crippen LogP contribution is -2.35. The van der Waals surface area contributed by atoms with Gasteiger partial charge < -0.3 is 20.0 Å². The number of carbonyl (C=O) groups is 1. The lowest BCUT2D eigenvalue weighted by Gasteiger charge is -2.21. The average molecular weight is 500 g/mol. The number of furan rings is 1. The molecule has 4 aromatic rings. The Bertz CT molecular complexity index is 1540. The standard InChI is InChI=1S/C31H34FN3O2/c1-8-21(32)12-14-31(5,6)28-25(29(36)33-7)24-17-23(26-22(13-15-34-26)27(24)37-28)20-11-9-10-19(16-20)18-35-30(2,3)4/h1,9-13,15-17,34-35H,14,18H2,2-7H3,(H,33,36)/b21-12+. The summed E-state index contributed by atoms with van der Waals surface area (Å²) >= 11 is 0. The third-order valence-electron chi connectivity index (χ3n) is 6.55. The molecule has 37 heavy (non-hydrogen) atoms. The molecule has 192 valence electrons. The third-order valence-corrected chi connectivity index (χ3v) is 6.55. The van der Waals surface area contributed by atoms with Crippen LogP contribution in [0.1, 0.15) is 62.7 Å². The quantitative estimate of drug-likeness (QED) is 0.240. The molecule has 1 amide bonds. The number of benzene rings is 2. The zero-order chi connectivity index (χ0) is 27.0. The van der Waals surface area contributed by atoms with Crippen molar-refractivity contribution in [2.24, 2.45) is 0 Å². The molecule has 2 aromatic carbocycles. The molecular formula is C31H34FN3O2. The fourth-order valence-electron chi connectivity index (χ4n) is 4.55. The van der Waals surface area contributed by atoms with E-state index in [0.29, 0.717) is 22.3 Å². The summed E-state index contributed by atoms with van der Waals surface area (Å²) in [6, 6.07) is 12.3. The Hall–Kier alpha value is -3.82. The number of allylic oxidation sites excluding steroid dienone is 2. The maximum atomic E-state index is 13.8. The minimum absolute atomic E-state index is 0.00235. The molecule has 5 nitrogen and oxygen atoms in total. The first-order valence-corrected chi connectivity index (χ1v) is 12.4. The summed E-state index contributed by atoms with van der Waals surface area (Å²) in [6.45, 7) is 11.0. The van der Waals surface area contributed by atoms with Crippen LogP contribution in [-0.4, -0.2) is 23.5 Å². The van der Waals surface area contributed by atoms with Gasteiger partial charge in [0.25, 0.3) is 5.91 Å². The molecule has 2 heterocycles. The smallest absolute Gasteiger partial charge is 0.255 e. The van der Waals surface area contributed by atoms with Crippen molar-refractivity contribution < 1.29 is 13.6 Å². The van der Waals surface area contributed by atoms with Gasteiger partial charge in [-0.15, -0.1) is 6.42 Å². The van der Waals surface area contributed by atoms with Crippen LogP contribution < -0.4 is 10.6 Å². The second kappa shape index (κ2) is 9.91. The lowest BCUT2D eigenvalue weighted by atomic mass is 9.83. The molecule has 0 aliphatic carbocycles. The molecule has 0 atom stereocenters. The Morgan fingerprint density at radius 2 is 1.92 bits per heavy atom. The highest BCUT2D eigenvalue weighted by molar-refractivity contribution is 6.17. The highest BCUT2D eigenvalue weighted by Crippen LogP contribution is 2.42. The maximum absolute atomic E-state index is 13.8. The van der Waals surface area contributed by atoms with E-state index in [9.17, 15) is 9.18 Å². The number of H-pyrrole nitrogens is 1. The van der Waals surface area contributed by atoms with Crippen LogP contribution in [0.25, 0.3) is 33.0 Å². The molecule has 0 spiro atoms. The van der Waals surface area contributed by atoms with Crippen LogP contribution in [0.2, 0.25) is 0 Å². The van der Waals surface area contributed by atoms with E-state index in [-0.39, 0.29) is 17.9 Å². The zero-order valence-electron chi connectivity index (χ0n) is 22.3. The lowest BCUT2D eigenvalue weighted by molar-refractivity contribution is 0.0960. The molecule has 0 aliphatic heterocycles. The number of hydrogen-bond acceptors (Lipinski definition) is 3. The summed E-state index contributed by atoms with van der Waals surface area (Å²) in [4.78, 5) is 16.6. The SMILES string of the molecule is C#C/C(F)=C\CC(C)(C)c1oc2c(cc(-c3cccc(CNC(C)(C)C)c3)c3[nH]ccc32)c1C(=O)NC. The molecule has 6 heteroatoms. The molecule has 0 saturated heterocycles. The van der Waals surface area contributed by atoms with Crippen LogP contribution in [0.5, 0.6) is 0 Å². The zero-order valence-corrected chi connectivity index (χ0v) is 22.3. The van der Waals surface area contributed by atoms with E-state index in [1.54, 1.807) is 7.05 Å². The van der Waals surface area contributed by atoms with Crippen molar-refractivity contribution in [3.63, 3.8) is 0 Å². The van der Waals surface area contributed by atoms with Crippen LogP contribution in [-0.2, 0) is 12.0 Å². The Morgan fingerprint density at radius 3 is 2.59 bits per heavy atom. The highest BCUT2D eigenvalue weighted by atomic mass is 19.1. The summed E-state index contributed by atoms with van der Waals surface area (Å²) in [5.41, 5.74) is 4.48. The van der Waals surface area contributed by atoms with Gasteiger partial charge in [-0.2, -0.15) is 4.39 Å². The van der Waals surface area contributed by atoms with Gasteiger partial charge in [-0.05, 0) is 68.5 Å². The van der Waals surface area contributed by atoms with Gasteiger partial charge in [-0.1, -0.05) is 32.0 Å². The molecule has 0 fully saturated rings. The summed E-state index contributed by atoms with van der Waals surface area (Å²) in [5, 5.41) is 7.88. The van der Waals surface area contributed by atoms with E-state index < -0.39 is 11.2 Å². The fourth-order valence-corrected chi connectivity index (χ4v) is 4.55. The van der Waals surface area contributed by atoms with Gasteiger partial charge in [0, 0.05) is 47.1 Å². The number of amides is 1. The number of halogens is 1. The molecule has 0 bridgehead atoms. The minimum atomic E-state index is -0.684. The minimum Gasteiger partial charge on any atom is -0.459 e. The van der Waals surface area contributed by atoms with Gasteiger partial charge in [0.1, 0.15) is 11.3 Å². The maximum Gasteiger partial charge on any atom is 0.255 e. The third kappa shape index (κ3) is 5.33. The predicted octanol–water partition coefficient (Wildman–Crippen LogP) is 6.98. The van der Waals surface area contributed by atoms with E-state index in [4.69, 9.17) is 10.8 Å². The molecule has 0 radical (unpaired) electrons. The molecule has 0 unspecified atom stereocenters. The van der Waals surface area contributed by atoms with Crippen molar-refractivity contribution in [3.05, 3.63) is 71.4 Å². The number of carbonyl (C=O) groups excluding carboxylic acids is 1. The highest BCUT2D eigenvalue weighted by Gasteiger charge is 2.33. The summed E-state index contributed by atoms with van der Waals surface area (Å²) in [5.74, 6) is 1.60. The Labute approximate surface area is 217 Å². The Kier molecular flexibility index (Phi) is 7.03. The molecule has 3 N–H and O–H groups in total. The largest absolute Gasteiger partial charge is 0.459 e. The van der Waals surface area contributed by atoms with Gasteiger partial charge in [-0.3, -0.25) is 4.79 Å². The van der Waals surface area contributed by atoms with Crippen molar-refractivity contribution >= 4 is 27.8 Å². The molecule has 0 saturated carbocycles. The number of terminal acetylenes is 1. The molecule has 4 rings (SSSR count). The van der Waals surface area contributed by atoms with E-state index in [2.05, 4.69) is 54.6 Å². The second-order valence-electron chi connectivity index (χ2n) is 11.0. The number of rotatable bonds is 7. The number of aromatic nitrogens is 1. The van der Waals surface area contributed by atoms with Gasteiger partial charge in [-0.25, -0.2) is 0 Å². The van der Waals surface area contributed by atoms with Gasteiger partial charge in [0.2, 0.25) is 0 Å². The Morgan fingerprint density at radius 1 is 1.16 bits per heavy atom.